The number of esters is 1. The van der Waals surface area contributed by atoms with Crippen molar-refractivity contribution in [3.05, 3.63) is 85.5 Å². The van der Waals surface area contributed by atoms with Gasteiger partial charge < -0.3 is 29.7 Å². The van der Waals surface area contributed by atoms with Gasteiger partial charge in [-0.15, -0.1) is 18.3 Å². The molecule has 1 aromatic heterocycles. The summed E-state index contributed by atoms with van der Waals surface area (Å²) in [6.07, 6.45) is 3.36. The Balaban J connectivity index is 1.29. The predicted molar refractivity (Wildman–Crippen MR) is 178 cm³/mol. The van der Waals surface area contributed by atoms with Crippen LogP contribution in [0.3, 0.4) is 0 Å². The number of aliphatic hydroxyl groups excluding tert-OH is 1. The minimum atomic E-state index is -1.31. The van der Waals surface area contributed by atoms with Gasteiger partial charge in [-0.2, -0.15) is 0 Å². The summed E-state index contributed by atoms with van der Waals surface area (Å²) in [4.78, 5) is 58.5. The molecule has 3 saturated heterocycles. The van der Waals surface area contributed by atoms with Gasteiger partial charge >= 0.3 is 5.97 Å². The second-order valence-corrected chi connectivity index (χ2v) is 12.9. The second kappa shape index (κ2) is 14.3. The highest BCUT2D eigenvalue weighted by atomic mass is 16.6. The fourth-order valence-corrected chi connectivity index (χ4v) is 7.57. The molecule has 0 unspecified atom stereocenters. The second-order valence-electron chi connectivity index (χ2n) is 12.9. The van der Waals surface area contributed by atoms with E-state index in [0.29, 0.717) is 30.3 Å². The van der Waals surface area contributed by atoms with Crippen LogP contribution in [0.25, 0.3) is 11.0 Å². The zero-order valence-corrected chi connectivity index (χ0v) is 27.5. The summed E-state index contributed by atoms with van der Waals surface area (Å²) in [5.74, 6) is -3.68. The summed E-state index contributed by atoms with van der Waals surface area (Å²) in [6, 6.07) is 14.6. The Morgan fingerprint density at radius 3 is 2.65 bits per heavy atom. The number of carbonyl (C=O) groups is 4. The van der Waals surface area contributed by atoms with E-state index in [1.54, 1.807) is 35.9 Å². The highest BCUT2D eigenvalue weighted by Crippen LogP contribution is 2.59. The van der Waals surface area contributed by atoms with Crippen molar-refractivity contribution in [3.63, 3.8) is 0 Å². The van der Waals surface area contributed by atoms with Crippen LogP contribution >= 0.6 is 0 Å². The Labute approximate surface area is 284 Å². The SMILES string of the molecule is C=CCCC(=O)NC[C@H](OC(=O)[C@@H]1[C@@H]2CC[C@]3(O2)[C@H](C(=O)N(CC=C)Cn2nnc4ccccc42)N([C@H](C)CO)C(=O)[C@@H]13)c1ccccc1. The average Bonchev–Trinajstić information content (AvgIpc) is 3.88. The van der Waals surface area contributed by atoms with Crippen molar-refractivity contribution in [2.75, 3.05) is 19.7 Å². The molecule has 2 bridgehead atoms. The first kappa shape index (κ1) is 34.0. The number of rotatable bonds is 15. The third kappa shape index (κ3) is 6.24. The van der Waals surface area contributed by atoms with Crippen molar-refractivity contribution in [2.24, 2.45) is 11.8 Å². The Kier molecular flexibility index (Phi) is 9.93. The lowest BCUT2D eigenvalue weighted by atomic mass is 9.70. The lowest BCUT2D eigenvalue weighted by Gasteiger charge is -2.38. The van der Waals surface area contributed by atoms with Crippen molar-refractivity contribution in [3.8, 4) is 0 Å². The third-order valence-corrected chi connectivity index (χ3v) is 9.86. The number of likely N-dealkylation sites (tertiary alicyclic amines) is 1. The maximum Gasteiger partial charge on any atom is 0.313 e. The molecule has 3 aromatic rings. The van der Waals surface area contributed by atoms with Gasteiger partial charge in [-0.1, -0.05) is 59.8 Å². The number of hydrogen-bond donors (Lipinski definition) is 2. The van der Waals surface area contributed by atoms with E-state index in [1.165, 1.54) is 9.80 Å². The first-order valence-electron chi connectivity index (χ1n) is 16.7. The summed E-state index contributed by atoms with van der Waals surface area (Å²) in [5.41, 5.74) is 0.773. The summed E-state index contributed by atoms with van der Waals surface area (Å²) in [5, 5.41) is 21.5. The van der Waals surface area contributed by atoms with Crippen LogP contribution in [0.4, 0.5) is 0 Å². The molecule has 0 radical (unpaired) electrons. The molecule has 258 valence electrons. The Morgan fingerprint density at radius 1 is 1.16 bits per heavy atom. The highest BCUT2D eigenvalue weighted by molar-refractivity contribution is 5.98. The molecule has 6 rings (SSSR count). The largest absolute Gasteiger partial charge is 0.455 e. The van der Waals surface area contributed by atoms with Gasteiger partial charge in [-0.3, -0.25) is 19.2 Å². The maximum atomic E-state index is 14.7. The molecule has 13 nitrogen and oxygen atoms in total. The lowest BCUT2D eigenvalue weighted by Crippen LogP contribution is -2.58. The highest BCUT2D eigenvalue weighted by Gasteiger charge is 2.75. The van der Waals surface area contributed by atoms with Gasteiger partial charge in [-0.25, -0.2) is 4.68 Å². The van der Waals surface area contributed by atoms with Crippen LogP contribution in [0.2, 0.25) is 0 Å². The first-order valence-corrected chi connectivity index (χ1v) is 16.7. The Morgan fingerprint density at radius 2 is 1.92 bits per heavy atom. The summed E-state index contributed by atoms with van der Waals surface area (Å²) in [7, 11) is 0. The van der Waals surface area contributed by atoms with Gasteiger partial charge in [0.2, 0.25) is 17.7 Å². The van der Waals surface area contributed by atoms with Crippen LogP contribution < -0.4 is 5.32 Å². The van der Waals surface area contributed by atoms with E-state index in [-0.39, 0.29) is 32.1 Å². The van der Waals surface area contributed by atoms with Gasteiger partial charge in [0.25, 0.3) is 0 Å². The number of aromatic nitrogens is 3. The van der Waals surface area contributed by atoms with E-state index in [0.717, 1.165) is 5.52 Å². The number of ether oxygens (including phenoxy) is 2. The molecule has 0 aliphatic carbocycles. The number of nitrogens with one attached hydrogen (secondary N) is 1. The monoisotopic (exact) mass is 670 g/mol. The topological polar surface area (TPSA) is 156 Å². The number of allylic oxidation sites excluding steroid dienone is 1. The fourth-order valence-electron chi connectivity index (χ4n) is 7.57. The number of benzene rings is 2. The summed E-state index contributed by atoms with van der Waals surface area (Å²) in [6.45, 7) is 8.98. The number of amides is 3. The van der Waals surface area contributed by atoms with Crippen LogP contribution in [0.1, 0.15) is 44.3 Å². The standard InChI is InChI=1S/C36H42N6O7/c1-4-6-16-29(44)37-20-28(24-12-8-7-9-13-24)48-35(47)30-27-17-18-36(49-27)31(30)33(45)42(23(3)21-43)32(36)34(46)40(19-5-2)22-41-26-15-11-10-14-25(26)38-39-41/h4-5,7-15,23,27-28,30-32,43H,1-2,6,16-22H2,3H3,(H,37,44)/t23-,27+,28+,30-,31-,32+,36-/m1/s1. The smallest absolute Gasteiger partial charge is 0.313 e. The van der Waals surface area contributed by atoms with Crippen molar-refractivity contribution in [2.45, 2.75) is 69.2 Å². The molecule has 49 heavy (non-hydrogen) atoms. The predicted octanol–water partition coefficient (Wildman–Crippen LogP) is 2.53. The zero-order chi connectivity index (χ0) is 34.7. The zero-order valence-electron chi connectivity index (χ0n) is 27.5. The maximum absolute atomic E-state index is 14.7. The van der Waals surface area contributed by atoms with Crippen molar-refractivity contribution in [1.82, 2.24) is 30.1 Å². The van der Waals surface area contributed by atoms with Crippen LogP contribution in [0.5, 0.6) is 0 Å². The summed E-state index contributed by atoms with van der Waals surface area (Å²) >= 11 is 0. The van der Waals surface area contributed by atoms with E-state index in [2.05, 4.69) is 28.8 Å². The minimum Gasteiger partial charge on any atom is -0.455 e. The van der Waals surface area contributed by atoms with Gasteiger partial charge in [0.15, 0.2) is 0 Å². The van der Waals surface area contributed by atoms with Crippen LogP contribution in [-0.4, -0.2) is 97.1 Å². The van der Waals surface area contributed by atoms with Gasteiger partial charge in [0.05, 0.1) is 42.6 Å². The fraction of sp³-hybridized carbons (Fsp3) is 0.444. The van der Waals surface area contributed by atoms with Gasteiger partial charge in [0.1, 0.15) is 29.9 Å². The third-order valence-electron chi connectivity index (χ3n) is 9.86. The molecule has 0 saturated carbocycles. The number of nitrogens with zero attached hydrogens (tertiary/aromatic N) is 5. The average molecular weight is 671 g/mol. The lowest BCUT2D eigenvalue weighted by molar-refractivity contribution is -0.161. The molecule has 3 fully saturated rings. The first-order chi connectivity index (χ1) is 23.7. The molecule has 2 aromatic carbocycles. The van der Waals surface area contributed by atoms with Crippen LogP contribution in [0.15, 0.2) is 79.9 Å². The molecule has 13 heteroatoms. The van der Waals surface area contributed by atoms with E-state index in [9.17, 15) is 24.3 Å². The number of hydrogen-bond acceptors (Lipinski definition) is 9. The van der Waals surface area contributed by atoms with E-state index in [4.69, 9.17) is 9.47 Å². The van der Waals surface area contributed by atoms with Crippen molar-refractivity contribution >= 4 is 34.7 Å². The van der Waals surface area contributed by atoms with E-state index < -0.39 is 66.1 Å². The number of para-hydroxylation sites is 1. The quantitative estimate of drug-likeness (QED) is 0.183. The van der Waals surface area contributed by atoms with Gasteiger partial charge in [-0.05, 0) is 43.9 Å². The van der Waals surface area contributed by atoms with Crippen molar-refractivity contribution < 1.29 is 33.8 Å². The molecule has 7 atom stereocenters. The van der Waals surface area contributed by atoms with Crippen molar-refractivity contribution in [1.29, 1.82) is 0 Å². The molecular weight excluding hydrogens is 628 g/mol. The molecule has 4 heterocycles. The van der Waals surface area contributed by atoms with Crippen LogP contribution in [0, 0.1) is 11.8 Å². The molecule has 2 N–H and O–H groups in total. The molecular formula is C36H42N6O7. The number of aliphatic hydroxyl groups is 1. The van der Waals surface area contributed by atoms with E-state index in [1.807, 2.05) is 42.5 Å². The Bertz CT molecular complexity index is 1730. The number of fused-ring (bicyclic) bond motifs is 2. The van der Waals surface area contributed by atoms with Gasteiger partial charge in [0, 0.05) is 13.0 Å². The number of carbonyl (C=O) groups excluding carboxylic acids is 4. The Hall–Kier alpha value is -4.88. The van der Waals surface area contributed by atoms with E-state index >= 15 is 0 Å². The molecule has 1 spiro atoms. The minimum absolute atomic E-state index is 0.0321. The normalized spacial score (nSPS) is 25.1. The summed E-state index contributed by atoms with van der Waals surface area (Å²) < 4.78 is 14.3. The van der Waals surface area contributed by atoms with Crippen LogP contribution in [-0.2, 0) is 35.3 Å². The molecule has 3 aliphatic rings. The molecule has 3 aliphatic heterocycles. The molecule has 3 amide bonds.